The summed E-state index contributed by atoms with van der Waals surface area (Å²) in [4.78, 5) is 4.68. The lowest BCUT2D eigenvalue weighted by Gasteiger charge is -2.06. The van der Waals surface area contributed by atoms with Gasteiger partial charge < -0.3 is 4.90 Å². The molecule has 3 aromatic rings. The molecule has 0 radical (unpaired) electrons. The largest absolute Gasteiger partial charge is 0.304 e. The third kappa shape index (κ3) is 5.00. The van der Waals surface area contributed by atoms with Crippen LogP contribution in [0.15, 0.2) is 59.5 Å². The SMILES string of the molecule is CCS(=O)(=O)c1ccc(-c2cc(CN(C)C)sc2-c2ccc(F)cc2)cc1.Cl. The second-order valence-electron chi connectivity index (χ2n) is 6.63. The first-order valence-electron chi connectivity index (χ1n) is 8.66. The highest BCUT2D eigenvalue weighted by Gasteiger charge is 2.16. The van der Waals surface area contributed by atoms with Gasteiger partial charge in [0.15, 0.2) is 9.84 Å². The Labute approximate surface area is 176 Å². The van der Waals surface area contributed by atoms with Crippen LogP contribution in [-0.4, -0.2) is 33.2 Å². The summed E-state index contributed by atoms with van der Waals surface area (Å²) in [5.41, 5.74) is 2.93. The number of thiophene rings is 1. The van der Waals surface area contributed by atoms with Gasteiger partial charge in [0.2, 0.25) is 0 Å². The first kappa shape index (κ1) is 22.6. The van der Waals surface area contributed by atoms with E-state index in [-0.39, 0.29) is 24.0 Å². The van der Waals surface area contributed by atoms with Crippen LogP contribution >= 0.6 is 23.7 Å². The van der Waals surface area contributed by atoms with E-state index >= 15 is 0 Å². The summed E-state index contributed by atoms with van der Waals surface area (Å²) in [5, 5.41) is 0. The first-order chi connectivity index (χ1) is 12.8. The molecule has 0 aliphatic rings. The van der Waals surface area contributed by atoms with E-state index in [1.165, 1.54) is 17.0 Å². The van der Waals surface area contributed by atoms with Crippen LogP contribution in [0.1, 0.15) is 11.8 Å². The summed E-state index contributed by atoms with van der Waals surface area (Å²) in [5.74, 6) is -0.182. The number of halogens is 2. The summed E-state index contributed by atoms with van der Waals surface area (Å²) in [6.45, 7) is 2.45. The summed E-state index contributed by atoms with van der Waals surface area (Å²) < 4.78 is 37.4. The number of nitrogens with zero attached hydrogens (tertiary/aromatic N) is 1. The Morgan fingerprint density at radius 3 is 2.07 bits per heavy atom. The third-order valence-corrected chi connectivity index (χ3v) is 7.19. The Morgan fingerprint density at radius 1 is 0.964 bits per heavy atom. The fourth-order valence-electron chi connectivity index (χ4n) is 2.87. The van der Waals surface area contributed by atoms with Crippen molar-refractivity contribution in [3.8, 4) is 21.6 Å². The van der Waals surface area contributed by atoms with Crippen molar-refractivity contribution >= 4 is 33.6 Å². The van der Waals surface area contributed by atoms with E-state index in [0.29, 0.717) is 4.90 Å². The number of hydrogen-bond acceptors (Lipinski definition) is 4. The van der Waals surface area contributed by atoms with Crippen LogP contribution in [0.25, 0.3) is 21.6 Å². The molecule has 0 bridgehead atoms. The molecule has 0 fully saturated rings. The monoisotopic (exact) mass is 439 g/mol. The fourth-order valence-corrected chi connectivity index (χ4v) is 5.06. The molecular weight excluding hydrogens is 417 g/mol. The smallest absolute Gasteiger partial charge is 0.178 e. The van der Waals surface area contributed by atoms with Gasteiger partial charge in [0.25, 0.3) is 0 Å². The van der Waals surface area contributed by atoms with E-state index in [0.717, 1.165) is 28.1 Å². The molecule has 2 aromatic carbocycles. The predicted molar refractivity (Wildman–Crippen MR) is 118 cm³/mol. The minimum absolute atomic E-state index is 0. The quantitative estimate of drug-likeness (QED) is 0.509. The molecule has 3 nitrogen and oxygen atoms in total. The Morgan fingerprint density at radius 2 is 1.54 bits per heavy atom. The van der Waals surface area contributed by atoms with Crippen molar-refractivity contribution in [3.63, 3.8) is 0 Å². The third-order valence-electron chi connectivity index (χ3n) is 4.27. The van der Waals surface area contributed by atoms with Gasteiger partial charge in [-0.15, -0.1) is 23.7 Å². The molecule has 0 aliphatic carbocycles. The van der Waals surface area contributed by atoms with Crippen LogP contribution in [0.4, 0.5) is 4.39 Å². The van der Waals surface area contributed by atoms with Gasteiger partial charge in [0.05, 0.1) is 10.6 Å². The van der Waals surface area contributed by atoms with Gasteiger partial charge in [-0.3, -0.25) is 0 Å². The lowest BCUT2D eigenvalue weighted by atomic mass is 10.0. The van der Waals surface area contributed by atoms with Crippen LogP contribution in [0, 0.1) is 5.82 Å². The Bertz CT molecular complexity index is 1030. The lowest BCUT2D eigenvalue weighted by Crippen LogP contribution is -2.09. The zero-order valence-electron chi connectivity index (χ0n) is 16.0. The standard InChI is InChI=1S/C21H22FNO2S2.ClH/c1-4-27(24,25)19-11-7-15(8-12-19)20-13-18(14-23(2)3)26-21(20)16-5-9-17(22)10-6-16;/h5-13H,4,14H2,1-3H3;1H. The van der Waals surface area contributed by atoms with Crippen molar-refractivity contribution in [2.75, 3.05) is 19.8 Å². The van der Waals surface area contributed by atoms with E-state index < -0.39 is 9.84 Å². The van der Waals surface area contributed by atoms with E-state index in [1.807, 2.05) is 26.2 Å². The maximum absolute atomic E-state index is 13.3. The van der Waals surface area contributed by atoms with Gasteiger partial charge in [-0.2, -0.15) is 0 Å². The summed E-state index contributed by atoms with van der Waals surface area (Å²) in [6, 6.07) is 15.6. The molecule has 0 amide bonds. The van der Waals surface area contributed by atoms with Crippen LogP contribution in [0.5, 0.6) is 0 Å². The molecule has 7 heteroatoms. The Hall–Kier alpha value is -1.73. The summed E-state index contributed by atoms with van der Waals surface area (Å²) in [7, 11) is 0.810. The van der Waals surface area contributed by atoms with Gasteiger partial charge in [0, 0.05) is 21.9 Å². The van der Waals surface area contributed by atoms with Gasteiger partial charge in [0.1, 0.15) is 5.82 Å². The molecule has 0 spiro atoms. The Balaban J connectivity index is 0.00000280. The van der Waals surface area contributed by atoms with Crippen molar-refractivity contribution in [1.82, 2.24) is 4.90 Å². The predicted octanol–water partition coefficient (Wildman–Crippen LogP) is 5.50. The van der Waals surface area contributed by atoms with Gasteiger partial charge in [-0.25, -0.2) is 12.8 Å². The fraction of sp³-hybridized carbons (Fsp3) is 0.238. The molecule has 0 N–H and O–H groups in total. The van der Waals surface area contributed by atoms with Crippen LogP contribution in [-0.2, 0) is 16.4 Å². The van der Waals surface area contributed by atoms with Gasteiger partial charge in [-0.05, 0) is 55.6 Å². The number of hydrogen-bond donors (Lipinski definition) is 0. The van der Waals surface area contributed by atoms with E-state index in [2.05, 4.69) is 11.0 Å². The zero-order chi connectivity index (χ0) is 19.6. The molecule has 0 saturated carbocycles. The lowest BCUT2D eigenvalue weighted by molar-refractivity contribution is 0.406. The van der Waals surface area contributed by atoms with Crippen molar-refractivity contribution < 1.29 is 12.8 Å². The molecule has 1 heterocycles. The maximum Gasteiger partial charge on any atom is 0.178 e. The van der Waals surface area contributed by atoms with Crippen molar-refractivity contribution in [2.24, 2.45) is 0 Å². The van der Waals surface area contributed by atoms with Gasteiger partial charge >= 0.3 is 0 Å². The van der Waals surface area contributed by atoms with Crippen molar-refractivity contribution in [1.29, 1.82) is 0 Å². The second kappa shape index (κ2) is 9.18. The van der Waals surface area contributed by atoms with Crippen molar-refractivity contribution in [2.45, 2.75) is 18.4 Å². The normalized spacial score (nSPS) is 11.5. The highest BCUT2D eigenvalue weighted by atomic mass is 35.5. The van der Waals surface area contributed by atoms with Crippen molar-refractivity contribution in [3.05, 3.63) is 65.3 Å². The second-order valence-corrected chi connectivity index (χ2v) is 10.0. The molecule has 0 saturated heterocycles. The minimum Gasteiger partial charge on any atom is -0.304 e. The molecule has 150 valence electrons. The number of sulfone groups is 1. The van der Waals surface area contributed by atoms with Crippen LogP contribution in [0.2, 0.25) is 0 Å². The highest BCUT2D eigenvalue weighted by molar-refractivity contribution is 7.91. The molecule has 3 rings (SSSR count). The molecular formula is C21H23ClFNO2S2. The van der Waals surface area contributed by atoms with E-state index in [4.69, 9.17) is 0 Å². The topological polar surface area (TPSA) is 37.4 Å². The molecule has 1 aromatic heterocycles. The summed E-state index contributed by atoms with van der Waals surface area (Å²) >= 11 is 1.67. The Kier molecular flexibility index (Phi) is 7.39. The minimum atomic E-state index is -3.22. The average Bonchev–Trinajstić information content (AvgIpc) is 3.05. The van der Waals surface area contributed by atoms with Crippen LogP contribution < -0.4 is 0 Å². The molecule has 28 heavy (non-hydrogen) atoms. The van der Waals surface area contributed by atoms with Crippen LogP contribution in [0.3, 0.4) is 0 Å². The average molecular weight is 440 g/mol. The highest BCUT2D eigenvalue weighted by Crippen LogP contribution is 2.40. The number of rotatable bonds is 6. The molecule has 0 unspecified atom stereocenters. The molecule has 0 aliphatic heterocycles. The molecule has 0 atom stereocenters. The maximum atomic E-state index is 13.3. The van der Waals surface area contributed by atoms with E-state index in [1.54, 1.807) is 42.5 Å². The van der Waals surface area contributed by atoms with E-state index in [9.17, 15) is 12.8 Å². The first-order valence-corrected chi connectivity index (χ1v) is 11.1. The van der Waals surface area contributed by atoms with Gasteiger partial charge in [-0.1, -0.05) is 31.2 Å². The summed E-state index contributed by atoms with van der Waals surface area (Å²) in [6.07, 6.45) is 0. The zero-order valence-corrected chi connectivity index (χ0v) is 18.4. The number of benzene rings is 2.